The van der Waals surface area contributed by atoms with Crippen molar-refractivity contribution in [3.63, 3.8) is 0 Å². The number of hydrogen-bond donors (Lipinski definition) is 1. The van der Waals surface area contributed by atoms with Gasteiger partial charge >= 0.3 is 0 Å². The maximum Gasteiger partial charge on any atom is 0.228 e. The fourth-order valence-corrected chi connectivity index (χ4v) is 4.43. The van der Waals surface area contributed by atoms with E-state index in [0.717, 1.165) is 55.5 Å². The molecule has 19 heavy (non-hydrogen) atoms. The molecule has 1 N–H and O–H groups in total. The van der Waals surface area contributed by atoms with Crippen LogP contribution in [0.4, 0.5) is 5.00 Å². The monoisotopic (exact) mass is 274 g/mol. The van der Waals surface area contributed by atoms with Crippen molar-refractivity contribution in [1.29, 1.82) is 5.26 Å². The highest BCUT2D eigenvalue weighted by Gasteiger charge is 2.26. The number of carbonyl (C=O) groups is 1. The normalized spacial score (nSPS) is 18.9. The molecule has 0 aliphatic heterocycles. The molecule has 100 valence electrons. The minimum absolute atomic E-state index is 0.121. The van der Waals surface area contributed by atoms with Crippen LogP contribution in [-0.4, -0.2) is 5.91 Å². The summed E-state index contributed by atoms with van der Waals surface area (Å²) in [7, 11) is 0. The highest BCUT2D eigenvalue weighted by molar-refractivity contribution is 7.16. The Balaban J connectivity index is 1.76. The van der Waals surface area contributed by atoms with Crippen LogP contribution in [0.25, 0.3) is 0 Å². The molecule has 4 heteroatoms. The minimum Gasteiger partial charge on any atom is -0.316 e. The van der Waals surface area contributed by atoms with E-state index in [9.17, 15) is 10.1 Å². The second-order valence-corrected chi connectivity index (χ2v) is 6.60. The van der Waals surface area contributed by atoms with Gasteiger partial charge in [0.1, 0.15) is 11.1 Å². The Morgan fingerprint density at radius 3 is 2.74 bits per heavy atom. The standard InChI is InChI=1S/C15H18N2OS/c16-9-12-11-7-4-8-13(11)19-15(12)17-14(18)10-5-2-1-3-6-10/h10H,1-8H2,(H,17,18). The van der Waals surface area contributed by atoms with Gasteiger partial charge in [-0.05, 0) is 37.7 Å². The van der Waals surface area contributed by atoms with Crippen LogP contribution in [0.5, 0.6) is 0 Å². The molecule has 0 unspecified atom stereocenters. The third-order valence-corrected chi connectivity index (χ3v) is 5.45. The average molecular weight is 274 g/mol. The minimum atomic E-state index is 0.121. The van der Waals surface area contributed by atoms with Crippen molar-refractivity contribution in [3.05, 3.63) is 16.0 Å². The van der Waals surface area contributed by atoms with Crippen molar-refractivity contribution in [2.45, 2.75) is 51.4 Å². The molecule has 1 heterocycles. The molecule has 0 atom stereocenters. The lowest BCUT2D eigenvalue weighted by Crippen LogP contribution is -2.24. The van der Waals surface area contributed by atoms with E-state index >= 15 is 0 Å². The second-order valence-electron chi connectivity index (χ2n) is 5.50. The van der Waals surface area contributed by atoms with Gasteiger partial charge in [-0.2, -0.15) is 5.26 Å². The predicted octanol–water partition coefficient (Wildman–Crippen LogP) is 3.63. The smallest absolute Gasteiger partial charge is 0.228 e. The zero-order valence-electron chi connectivity index (χ0n) is 11.0. The average Bonchev–Trinajstić information content (AvgIpc) is 3.00. The van der Waals surface area contributed by atoms with Gasteiger partial charge in [0.15, 0.2) is 0 Å². The molecule has 3 nitrogen and oxygen atoms in total. The number of anilines is 1. The molecule has 1 aromatic heterocycles. The molecule has 1 aromatic rings. The van der Waals surface area contributed by atoms with Gasteiger partial charge in [-0.3, -0.25) is 4.79 Å². The first kappa shape index (κ1) is 12.7. The van der Waals surface area contributed by atoms with Gasteiger partial charge in [0, 0.05) is 10.8 Å². The van der Waals surface area contributed by atoms with Crippen molar-refractivity contribution in [2.24, 2.45) is 5.92 Å². The summed E-state index contributed by atoms with van der Waals surface area (Å²) in [5.41, 5.74) is 1.91. The van der Waals surface area contributed by atoms with Crippen molar-refractivity contribution < 1.29 is 4.79 Å². The summed E-state index contributed by atoms with van der Waals surface area (Å²) in [6.45, 7) is 0. The van der Waals surface area contributed by atoms with Crippen molar-refractivity contribution >= 4 is 22.2 Å². The predicted molar refractivity (Wildman–Crippen MR) is 76.3 cm³/mol. The van der Waals surface area contributed by atoms with E-state index in [-0.39, 0.29) is 11.8 Å². The zero-order valence-corrected chi connectivity index (χ0v) is 11.8. The van der Waals surface area contributed by atoms with Crippen LogP contribution in [0.1, 0.15) is 54.5 Å². The number of carbonyl (C=O) groups excluding carboxylic acids is 1. The largest absolute Gasteiger partial charge is 0.316 e. The Morgan fingerprint density at radius 1 is 1.21 bits per heavy atom. The van der Waals surface area contributed by atoms with Gasteiger partial charge in [-0.25, -0.2) is 0 Å². The van der Waals surface area contributed by atoms with Gasteiger partial charge in [0.2, 0.25) is 5.91 Å². The maximum atomic E-state index is 12.2. The summed E-state index contributed by atoms with van der Waals surface area (Å²) >= 11 is 1.61. The molecular weight excluding hydrogens is 256 g/mol. The lowest BCUT2D eigenvalue weighted by atomic mass is 9.89. The van der Waals surface area contributed by atoms with Gasteiger partial charge < -0.3 is 5.32 Å². The molecule has 0 spiro atoms. The van der Waals surface area contributed by atoms with E-state index in [2.05, 4.69) is 11.4 Å². The van der Waals surface area contributed by atoms with Gasteiger partial charge in [-0.15, -0.1) is 11.3 Å². The molecule has 1 amide bonds. The first-order valence-corrected chi connectivity index (χ1v) is 7.96. The molecule has 0 saturated heterocycles. The number of amides is 1. The molecular formula is C15H18N2OS. The molecule has 0 aromatic carbocycles. The summed E-state index contributed by atoms with van der Waals surface area (Å²) < 4.78 is 0. The molecule has 0 bridgehead atoms. The first-order chi connectivity index (χ1) is 9.29. The maximum absolute atomic E-state index is 12.2. The fourth-order valence-electron chi connectivity index (χ4n) is 3.19. The van der Waals surface area contributed by atoms with Gasteiger partial charge in [-0.1, -0.05) is 19.3 Å². The molecule has 2 aliphatic rings. The number of fused-ring (bicyclic) bond motifs is 1. The number of nitrogens with one attached hydrogen (secondary N) is 1. The Morgan fingerprint density at radius 2 is 2.00 bits per heavy atom. The Hall–Kier alpha value is -1.34. The number of nitriles is 1. The fraction of sp³-hybridized carbons (Fsp3) is 0.600. The number of rotatable bonds is 2. The van der Waals surface area contributed by atoms with E-state index in [4.69, 9.17) is 0 Å². The molecule has 2 aliphatic carbocycles. The Kier molecular flexibility index (Phi) is 3.56. The lowest BCUT2D eigenvalue weighted by molar-refractivity contribution is -0.120. The third kappa shape index (κ3) is 2.40. The van der Waals surface area contributed by atoms with Crippen molar-refractivity contribution in [2.75, 3.05) is 5.32 Å². The summed E-state index contributed by atoms with van der Waals surface area (Å²) in [5, 5.41) is 13.1. The highest BCUT2D eigenvalue weighted by Crippen LogP contribution is 2.39. The highest BCUT2D eigenvalue weighted by atomic mass is 32.1. The van der Waals surface area contributed by atoms with Crippen LogP contribution in [0.15, 0.2) is 0 Å². The number of nitrogens with zero attached hydrogens (tertiary/aromatic N) is 1. The topological polar surface area (TPSA) is 52.9 Å². The SMILES string of the molecule is N#Cc1c(NC(=O)C2CCCCC2)sc2c1CCC2. The zero-order chi connectivity index (χ0) is 13.2. The first-order valence-electron chi connectivity index (χ1n) is 7.15. The summed E-state index contributed by atoms with van der Waals surface area (Å²) in [6, 6.07) is 2.28. The number of aryl methyl sites for hydroxylation is 1. The molecule has 1 fully saturated rings. The van der Waals surface area contributed by atoms with Crippen LogP contribution in [-0.2, 0) is 17.6 Å². The van der Waals surface area contributed by atoms with Crippen LogP contribution < -0.4 is 5.32 Å². The van der Waals surface area contributed by atoms with Crippen LogP contribution >= 0.6 is 11.3 Å². The lowest BCUT2D eigenvalue weighted by Gasteiger charge is -2.20. The number of hydrogen-bond acceptors (Lipinski definition) is 3. The number of thiophene rings is 1. The molecule has 3 rings (SSSR count). The van der Waals surface area contributed by atoms with Crippen LogP contribution in [0, 0.1) is 17.2 Å². The Bertz CT molecular complexity index is 535. The van der Waals surface area contributed by atoms with Crippen molar-refractivity contribution in [1.82, 2.24) is 0 Å². The van der Waals surface area contributed by atoms with Crippen LogP contribution in [0.2, 0.25) is 0 Å². The van der Waals surface area contributed by atoms with E-state index in [1.165, 1.54) is 16.9 Å². The summed E-state index contributed by atoms with van der Waals surface area (Å²) in [5.74, 6) is 0.272. The molecule has 0 radical (unpaired) electrons. The van der Waals surface area contributed by atoms with E-state index in [1.54, 1.807) is 11.3 Å². The second kappa shape index (κ2) is 5.34. The quantitative estimate of drug-likeness (QED) is 0.895. The van der Waals surface area contributed by atoms with Crippen molar-refractivity contribution in [3.8, 4) is 6.07 Å². The van der Waals surface area contributed by atoms with Gasteiger partial charge in [0.25, 0.3) is 0 Å². The van der Waals surface area contributed by atoms with E-state index in [0.29, 0.717) is 0 Å². The summed E-state index contributed by atoms with van der Waals surface area (Å²) in [6.07, 6.45) is 8.76. The molecule has 1 saturated carbocycles. The third-order valence-electron chi connectivity index (χ3n) is 4.25. The Labute approximate surface area is 117 Å². The van der Waals surface area contributed by atoms with Gasteiger partial charge in [0.05, 0.1) is 5.56 Å². The van der Waals surface area contributed by atoms with E-state index in [1.807, 2.05) is 0 Å². The van der Waals surface area contributed by atoms with Crippen LogP contribution in [0.3, 0.4) is 0 Å². The summed E-state index contributed by atoms with van der Waals surface area (Å²) in [4.78, 5) is 13.6. The van der Waals surface area contributed by atoms with E-state index < -0.39 is 0 Å².